The Morgan fingerprint density at radius 2 is 1.82 bits per heavy atom. The summed E-state index contributed by atoms with van der Waals surface area (Å²) in [6, 6.07) is 11.9. The van der Waals surface area contributed by atoms with E-state index in [4.69, 9.17) is 26.4 Å². The van der Waals surface area contributed by atoms with Gasteiger partial charge in [-0.3, -0.25) is 9.69 Å². The molecule has 1 atom stereocenters. The van der Waals surface area contributed by atoms with E-state index >= 15 is 0 Å². The first-order valence-electron chi connectivity index (χ1n) is 13.0. The molecule has 2 aromatic carbocycles. The van der Waals surface area contributed by atoms with Crippen LogP contribution in [0.2, 0.25) is 0 Å². The maximum absolute atomic E-state index is 13.6. The fraction of sp³-hybridized carbons (Fsp3) is 0.414. The van der Waals surface area contributed by atoms with Gasteiger partial charge in [0, 0.05) is 0 Å². The zero-order valence-electron chi connectivity index (χ0n) is 22.0. The number of amides is 1. The van der Waals surface area contributed by atoms with Gasteiger partial charge in [0.1, 0.15) is 4.32 Å². The predicted molar refractivity (Wildman–Crippen MR) is 160 cm³/mol. The topological polar surface area (TPSA) is 65.1 Å². The minimum absolute atomic E-state index is 0.272. The lowest BCUT2D eigenvalue weighted by atomic mass is 10.1. The monoisotopic (exact) mass is 619 g/mol. The second kappa shape index (κ2) is 15.3. The Morgan fingerprint density at radius 3 is 2.50 bits per heavy atom. The van der Waals surface area contributed by atoms with Crippen LogP contribution in [0.5, 0.6) is 11.5 Å². The molecular weight excluding hydrogens is 586 g/mol. The number of benzene rings is 2. The maximum atomic E-state index is 13.6. The number of nitrogens with zero attached hydrogens (tertiary/aromatic N) is 1. The molecule has 2 aromatic rings. The Labute approximate surface area is 243 Å². The van der Waals surface area contributed by atoms with Gasteiger partial charge in [0.25, 0.3) is 5.91 Å². The molecular formula is C29H34BrNO5S2. The Hall–Kier alpha value is -2.36. The first-order chi connectivity index (χ1) is 18.4. The zero-order chi connectivity index (χ0) is 27.5. The van der Waals surface area contributed by atoms with Crippen molar-refractivity contribution in [2.45, 2.75) is 58.9 Å². The number of carbonyl (C=O) groups excluding carboxylic acids is 2. The molecule has 1 saturated heterocycles. The van der Waals surface area contributed by atoms with Crippen LogP contribution in [0.25, 0.3) is 6.08 Å². The van der Waals surface area contributed by atoms with Crippen LogP contribution in [0.3, 0.4) is 0 Å². The molecule has 0 N–H and O–H groups in total. The molecule has 0 saturated carbocycles. The van der Waals surface area contributed by atoms with Crippen LogP contribution in [0, 0.1) is 0 Å². The van der Waals surface area contributed by atoms with Crippen molar-refractivity contribution < 1.29 is 23.8 Å². The van der Waals surface area contributed by atoms with Crippen LogP contribution in [-0.4, -0.2) is 40.9 Å². The van der Waals surface area contributed by atoms with E-state index in [1.54, 1.807) is 18.2 Å². The highest BCUT2D eigenvalue weighted by Gasteiger charge is 2.42. The number of rotatable bonds is 14. The third-order valence-electron chi connectivity index (χ3n) is 5.74. The van der Waals surface area contributed by atoms with Crippen molar-refractivity contribution in [1.29, 1.82) is 0 Å². The summed E-state index contributed by atoms with van der Waals surface area (Å²) in [6.07, 6.45) is 6.88. The summed E-state index contributed by atoms with van der Waals surface area (Å²) in [6.45, 7) is 7.36. The van der Waals surface area contributed by atoms with Crippen LogP contribution in [-0.2, 0) is 14.3 Å². The molecule has 0 radical (unpaired) electrons. The van der Waals surface area contributed by atoms with Crippen molar-refractivity contribution in [2.75, 3.05) is 19.8 Å². The maximum Gasteiger partial charge on any atom is 0.333 e. The first-order valence-corrected chi connectivity index (χ1v) is 15.0. The summed E-state index contributed by atoms with van der Waals surface area (Å²) >= 11 is 10.4. The fourth-order valence-corrected chi connectivity index (χ4v) is 5.83. The molecule has 1 aliphatic rings. The summed E-state index contributed by atoms with van der Waals surface area (Å²) in [7, 11) is 0. The summed E-state index contributed by atoms with van der Waals surface area (Å²) in [5.41, 5.74) is 1.40. The highest BCUT2D eigenvalue weighted by molar-refractivity contribution is 9.10. The largest absolute Gasteiger partial charge is 0.490 e. The minimum Gasteiger partial charge on any atom is -0.490 e. The van der Waals surface area contributed by atoms with Crippen LogP contribution < -0.4 is 9.47 Å². The van der Waals surface area contributed by atoms with Crippen LogP contribution in [0.4, 0.5) is 0 Å². The van der Waals surface area contributed by atoms with Gasteiger partial charge in [0.15, 0.2) is 17.5 Å². The van der Waals surface area contributed by atoms with E-state index in [9.17, 15) is 9.59 Å². The lowest BCUT2D eigenvalue weighted by molar-refractivity contribution is -0.151. The molecule has 38 heavy (non-hydrogen) atoms. The van der Waals surface area contributed by atoms with Gasteiger partial charge in [-0.1, -0.05) is 87.4 Å². The number of unbranched alkanes of at least 4 members (excludes halogenated alkanes) is 3. The molecule has 3 rings (SSSR count). The molecule has 0 aromatic heterocycles. The Morgan fingerprint density at radius 1 is 1.05 bits per heavy atom. The number of ether oxygens (including phenoxy) is 3. The smallest absolute Gasteiger partial charge is 0.333 e. The molecule has 1 fully saturated rings. The van der Waals surface area contributed by atoms with Crippen LogP contribution in [0.1, 0.15) is 70.0 Å². The standard InChI is InChI=1S/C29H34BrNO5S2/c1-4-7-8-12-16-35-26-22(30)17-20(18-23(26)34-6-3)19-24-27(32)31(29(37)38-24)25(28(33)36-15-5-2)21-13-10-9-11-14-21/h9-11,13-14,17-19,25H,4-8,12,15-16H2,1-3H3/b24-19-. The number of esters is 1. The van der Waals surface area contributed by atoms with Gasteiger partial charge in [-0.05, 0) is 65.0 Å². The van der Waals surface area contributed by atoms with Gasteiger partial charge in [-0.2, -0.15) is 0 Å². The number of carbonyl (C=O) groups is 2. The lowest BCUT2D eigenvalue weighted by Gasteiger charge is -2.25. The fourth-order valence-electron chi connectivity index (χ4n) is 3.94. The van der Waals surface area contributed by atoms with Crippen molar-refractivity contribution >= 4 is 62.2 Å². The minimum atomic E-state index is -0.949. The van der Waals surface area contributed by atoms with Crippen molar-refractivity contribution in [2.24, 2.45) is 0 Å². The number of hydrogen-bond donors (Lipinski definition) is 0. The van der Waals surface area contributed by atoms with Crippen LogP contribution in [0.15, 0.2) is 51.8 Å². The van der Waals surface area contributed by atoms with Gasteiger partial charge in [0.05, 0.1) is 29.2 Å². The first kappa shape index (κ1) is 30.2. The Bertz CT molecular complexity index is 1160. The summed E-state index contributed by atoms with van der Waals surface area (Å²) in [5, 5.41) is 0. The zero-order valence-corrected chi connectivity index (χ0v) is 25.3. The third-order valence-corrected chi connectivity index (χ3v) is 7.66. The highest BCUT2D eigenvalue weighted by Crippen LogP contribution is 2.41. The van der Waals surface area contributed by atoms with E-state index in [1.807, 2.05) is 44.2 Å². The molecule has 1 aliphatic heterocycles. The highest BCUT2D eigenvalue weighted by atomic mass is 79.9. The van der Waals surface area contributed by atoms with Gasteiger partial charge < -0.3 is 14.2 Å². The number of thiocarbonyl (C=S) groups is 1. The van der Waals surface area contributed by atoms with E-state index in [2.05, 4.69) is 22.9 Å². The molecule has 1 heterocycles. The number of halogens is 1. The predicted octanol–water partition coefficient (Wildman–Crippen LogP) is 7.70. The molecule has 1 unspecified atom stereocenters. The lowest BCUT2D eigenvalue weighted by Crippen LogP contribution is -2.38. The summed E-state index contributed by atoms with van der Waals surface area (Å²) in [5.74, 6) is 0.408. The van der Waals surface area contributed by atoms with E-state index in [-0.39, 0.29) is 12.5 Å². The van der Waals surface area contributed by atoms with E-state index in [0.29, 0.717) is 45.9 Å². The molecule has 0 bridgehead atoms. The molecule has 6 nitrogen and oxygen atoms in total. The number of hydrogen-bond acceptors (Lipinski definition) is 7. The second-order valence-electron chi connectivity index (χ2n) is 8.70. The molecule has 9 heteroatoms. The Kier molecular flexibility index (Phi) is 12.1. The van der Waals surface area contributed by atoms with Gasteiger partial charge in [-0.15, -0.1) is 0 Å². The normalized spacial score (nSPS) is 15.2. The average molecular weight is 621 g/mol. The van der Waals surface area contributed by atoms with Gasteiger partial charge >= 0.3 is 5.97 Å². The molecule has 204 valence electrons. The van der Waals surface area contributed by atoms with E-state index in [0.717, 1.165) is 22.9 Å². The molecule has 1 amide bonds. The van der Waals surface area contributed by atoms with Crippen molar-refractivity contribution in [3.63, 3.8) is 0 Å². The van der Waals surface area contributed by atoms with Gasteiger partial charge in [-0.25, -0.2) is 4.79 Å². The summed E-state index contributed by atoms with van der Waals surface area (Å²) < 4.78 is 18.4. The van der Waals surface area contributed by atoms with E-state index in [1.165, 1.54) is 29.5 Å². The Balaban J connectivity index is 1.88. The molecule has 0 spiro atoms. The quantitative estimate of drug-likeness (QED) is 0.0928. The summed E-state index contributed by atoms with van der Waals surface area (Å²) in [4.78, 5) is 28.4. The average Bonchev–Trinajstić information content (AvgIpc) is 3.17. The molecule has 0 aliphatic carbocycles. The van der Waals surface area contributed by atoms with Crippen molar-refractivity contribution in [3.05, 3.63) is 63.0 Å². The number of thioether (sulfide) groups is 1. The second-order valence-corrected chi connectivity index (χ2v) is 11.2. The third kappa shape index (κ3) is 7.83. The van der Waals surface area contributed by atoms with Crippen molar-refractivity contribution in [3.8, 4) is 11.5 Å². The van der Waals surface area contributed by atoms with Crippen LogP contribution >= 0.6 is 39.9 Å². The van der Waals surface area contributed by atoms with Gasteiger partial charge in [0.2, 0.25) is 0 Å². The SMILES string of the molecule is CCCCCCOc1c(Br)cc(/C=C2\SC(=S)N(C(C(=O)OCCC)c3ccccc3)C2=O)cc1OCC. The van der Waals surface area contributed by atoms with E-state index < -0.39 is 12.0 Å². The van der Waals surface area contributed by atoms with Crippen molar-refractivity contribution in [1.82, 2.24) is 4.90 Å².